The fourth-order valence-corrected chi connectivity index (χ4v) is 2.24. The molecule has 0 heterocycles. The monoisotopic (exact) mass is 258 g/mol. The van der Waals surface area contributed by atoms with Crippen molar-refractivity contribution >= 4 is 23.3 Å². The van der Waals surface area contributed by atoms with E-state index >= 15 is 0 Å². The molecule has 1 aliphatic carbocycles. The highest BCUT2D eigenvalue weighted by molar-refractivity contribution is 7.80. The standard InChI is InChI=1S/C12H22N2O2S/c1-3-16-11(15)9-14(2)12(17)13-10-7-5-4-6-8-10/h10H,3-9H2,1-2H3,(H,13,17). The van der Waals surface area contributed by atoms with Crippen LogP contribution < -0.4 is 5.32 Å². The van der Waals surface area contributed by atoms with Crippen LogP contribution in [0, 0.1) is 0 Å². The van der Waals surface area contributed by atoms with Crippen LogP contribution in [0.5, 0.6) is 0 Å². The van der Waals surface area contributed by atoms with Gasteiger partial charge in [-0.3, -0.25) is 4.79 Å². The lowest BCUT2D eigenvalue weighted by molar-refractivity contribution is -0.143. The number of nitrogens with one attached hydrogen (secondary N) is 1. The van der Waals surface area contributed by atoms with Gasteiger partial charge in [0, 0.05) is 13.1 Å². The summed E-state index contributed by atoms with van der Waals surface area (Å²) in [6.45, 7) is 2.43. The molecule has 1 fully saturated rings. The van der Waals surface area contributed by atoms with E-state index in [1.165, 1.54) is 32.1 Å². The molecule has 0 amide bonds. The molecule has 1 saturated carbocycles. The molecule has 98 valence electrons. The SMILES string of the molecule is CCOC(=O)CN(C)C(=S)NC1CCCCC1. The van der Waals surface area contributed by atoms with Crippen LogP contribution in [0.15, 0.2) is 0 Å². The molecular weight excluding hydrogens is 236 g/mol. The lowest BCUT2D eigenvalue weighted by atomic mass is 9.96. The van der Waals surface area contributed by atoms with Gasteiger partial charge in [-0.05, 0) is 32.0 Å². The van der Waals surface area contributed by atoms with Gasteiger partial charge in [0.15, 0.2) is 5.11 Å². The Hall–Kier alpha value is -0.840. The number of ether oxygens (including phenoxy) is 1. The van der Waals surface area contributed by atoms with Gasteiger partial charge in [0.2, 0.25) is 0 Å². The van der Waals surface area contributed by atoms with Crippen molar-refractivity contribution in [2.24, 2.45) is 0 Å². The van der Waals surface area contributed by atoms with Crippen molar-refractivity contribution in [3.8, 4) is 0 Å². The molecule has 0 saturated heterocycles. The predicted molar refractivity (Wildman–Crippen MR) is 71.9 cm³/mol. The normalized spacial score (nSPS) is 16.4. The first-order valence-electron chi connectivity index (χ1n) is 6.30. The summed E-state index contributed by atoms with van der Waals surface area (Å²) in [6, 6.07) is 0.473. The summed E-state index contributed by atoms with van der Waals surface area (Å²) in [7, 11) is 1.81. The Morgan fingerprint density at radius 2 is 2.06 bits per heavy atom. The van der Waals surface area contributed by atoms with Gasteiger partial charge >= 0.3 is 5.97 Å². The largest absolute Gasteiger partial charge is 0.465 e. The van der Waals surface area contributed by atoms with Crippen molar-refractivity contribution in [1.29, 1.82) is 0 Å². The van der Waals surface area contributed by atoms with Gasteiger partial charge in [0.05, 0.1) is 6.61 Å². The second kappa shape index (κ2) is 7.48. The summed E-state index contributed by atoms with van der Waals surface area (Å²) < 4.78 is 4.88. The fourth-order valence-electron chi connectivity index (χ4n) is 2.00. The Morgan fingerprint density at radius 3 is 2.65 bits per heavy atom. The molecule has 0 bridgehead atoms. The van der Waals surface area contributed by atoms with E-state index < -0.39 is 0 Å². The average molecular weight is 258 g/mol. The number of likely N-dealkylation sites (N-methyl/N-ethyl adjacent to an activating group) is 1. The number of nitrogens with zero attached hydrogens (tertiary/aromatic N) is 1. The Morgan fingerprint density at radius 1 is 1.41 bits per heavy atom. The van der Waals surface area contributed by atoms with Crippen molar-refractivity contribution in [3.05, 3.63) is 0 Å². The molecule has 1 aliphatic rings. The van der Waals surface area contributed by atoms with Gasteiger partial charge in [-0.2, -0.15) is 0 Å². The average Bonchev–Trinajstić information content (AvgIpc) is 2.30. The van der Waals surface area contributed by atoms with E-state index in [0.29, 0.717) is 17.8 Å². The van der Waals surface area contributed by atoms with E-state index in [1.54, 1.807) is 11.8 Å². The van der Waals surface area contributed by atoms with Crippen LogP contribution >= 0.6 is 12.2 Å². The molecule has 0 aromatic rings. The van der Waals surface area contributed by atoms with Crippen molar-refractivity contribution in [3.63, 3.8) is 0 Å². The van der Waals surface area contributed by atoms with Crippen molar-refractivity contribution < 1.29 is 9.53 Å². The Balaban J connectivity index is 2.28. The van der Waals surface area contributed by atoms with Crippen molar-refractivity contribution in [2.75, 3.05) is 20.2 Å². The Labute approximate surface area is 109 Å². The second-order valence-corrected chi connectivity index (χ2v) is 4.83. The summed E-state index contributed by atoms with van der Waals surface area (Å²) in [5.41, 5.74) is 0. The molecule has 0 aromatic carbocycles. The first-order valence-corrected chi connectivity index (χ1v) is 6.71. The highest BCUT2D eigenvalue weighted by Gasteiger charge is 2.17. The van der Waals surface area contributed by atoms with Crippen molar-refractivity contribution in [2.45, 2.75) is 45.1 Å². The van der Waals surface area contributed by atoms with Gasteiger partial charge in [0.1, 0.15) is 6.54 Å². The van der Waals surface area contributed by atoms with Crippen LogP contribution in [-0.2, 0) is 9.53 Å². The van der Waals surface area contributed by atoms with Crippen LogP contribution in [0.4, 0.5) is 0 Å². The highest BCUT2D eigenvalue weighted by atomic mass is 32.1. The predicted octanol–water partition coefficient (Wildman–Crippen LogP) is 1.69. The third-order valence-electron chi connectivity index (χ3n) is 2.95. The summed E-state index contributed by atoms with van der Waals surface area (Å²) >= 11 is 5.27. The number of hydrogen-bond acceptors (Lipinski definition) is 3. The summed E-state index contributed by atoms with van der Waals surface area (Å²) in [6.07, 6.45) is 6.20. The zero-order valence-electron chi connectivity index (χ0n) is 10.7. The fraction of sp³-hybridized carbons (Fsp3) is 0.833. The van der Waals surface area contributed by atoms with Gasteiger partial charge in [-0.15, -0.1) is 0 Å². The number of rotatable bonds is 4. The lowest BCUT2D eigenvalue weighted by Crippen LogP contribution is -2.45. The molecule has 0 spiro atoms. The molecule has 0 aliphatic heterocycles. The quantitative estimate of drug-likeness (QED) is 0.614. The van der Waals surface area contributed by atoms with Crippen LogP contribution in [0.1, 0.15) is 39.0 Å². The maximum Gasteiger partial charge on any atom is 0.325 e. The third-order valence-corrected chi connectivity index (χ3v) is 3.38. The van der Waals surface area contributed by atoms with Crippen LogP contribution in [0.2, 0.25) is 0 Å². The molecule has 0 atom stereocenters. The van der Waals surface area contributed by atoms with Crippen LogP contribution in [0.3, 0.4) is 0 Å². The summed E-state index contributed by atoms with van der Waals surface area (Å²) in [5.74, 6) is -0.234. The molecule has 17 heavy (non-hydrogen) atoms. The number of carbonyl (C=O) groups is 1. The minimum atomic E-state index is -0.234. The van der Waals surface area contributed by atoms with Crippen LogP contribution in [-0.4, -0.2) is 42.2 Å². The van der Waals surface area contributed by atoms with Crippen LogP contribution in [0.25, 0.3) is 0 Å². The van der Waals surface area contributed by atoms with E-state index in [1.807, 2.05) is 7.05 Å². The number of carbonyl (C=O) groups excluding carboxylic acids is 1. The Bertz CT molecular complexity index is 265. The zero-order valence-corrected chi connectivity index (χ0v) is 11.5. The van der Waals surface area contributed by atoms with Gasteiger partial charge in [-0.25, -0.2) is 0 Å². The summed E-state index contributed by atoms with van der Waals surface area (Å²) in [4.78, 5) is 13.0. The zero-order chi connectivity index (χ0) is 12.7. The molecule has 1 rings (SSSR count). The maximum atomic E-state index is 11.3. The first kappa shape index (κ1) is 14.2. The maximum absolute atomic E-state index is 11.3. The van der Waals surface area contributed by atoms with E-state index in [4.69, 9.17) is 17.0 Å². The molecule has 4 nitrogen and oxygen atoms in total. The molecule has 0 aromatic heterocycles. The summed E-state index contributed by atoms with van der Waals surface area (Å²) in [5, 5.41) is 3.96. The third kappa shape index (κ3) is 5.35. The number of thiocarbonyl (C=S) groups is 1. The molecular formula is C12H22N2O2S. The van der Waals surface area contributed by atoms with Crippen molar-refractivity contribution in [1.82, 2.24) is 10.2 Å². The molecule has 1 N–H and O–H groups in total. The Kier molecular flexibility index (Phi) is 6.26. The van der Waals surface area contributed by atoms with E-state index in [2.05, 4.69) is 5.32 Å². The number of esters is 1. The van der Waals surface area contributed by atoms with Gasteiger partial charge < -0.3 is 15.0 Å². The minimum Gasteiger partial charge on any atom is -0.465 e. The first-order chi connectivity index (χ1) is 8.13. The number of hydrogen-bond donors (Lipinski definition) is 1. The van der Waals surface area contributed by atoms with Gasteiger partial charge in [-0.1, -0.05) is 19.3 Å². The highest BCUT2D eigenvalue weighted by Crippen LogP contribution is 2.17. The smallest absolute Gasteiger partial charge is 0.325 e. The minimum absolute atomic E-state index is 0.215. The lowest BCUT2D eigenvalue weighted by Gasteiger charge is -2.27. The van der Waals surface area contributed by atoms with E-state index in [-0.39, 0.29) is 12.5 Å². The molecule has 0 radical (unpaired) electrons. The molecule has 5 heteroatoms. The second-order valence-electron chi connectivity index (χ2n) is 4.45. The van der Waals surface area contributed by atoms with E-state index in [9.17, 15) is 4.79 Å². The molecule has 0 unspecified atom stereocenters. The topological polar surface area (TPSA) is 41.6 Å². The van der Waals surface area contributed by atoms with Gasteiger partial charge in [0.25, 0.3) is 0 Å². The van der Waals surface area contributed by atoms with E-state index in [0.717, 1.165) is 0 Å².